The molecular formula is C13H12BrClN2O3S2. The topological polar surface area (TPSA) is 75.3 Å². The first-order valence-corrected chi connectivity index (χ1v) is 9.64. The summed E-state index contributed by atoms with van der Waals surface area (Å²) in [7, 11) is -3.58. The molecule has 0 unspecified atom stereocenters. The standard InChI is InChI=1S/C13H12BrClN2O3S2/c14-11-4-5-13(21-11)22(19,20)16-7-6-12(18)17-10-3-1-2-9(15)8-10/h1-5,8,16H,6-7H2,(H,17,18). The minimum atomic E-state index is -3.58. The fourth-order valence-electron chi connectivity index (χ4n) is 1.60. The van der Waals surface area contributed by atoms with Gasteiger partial charge in [-0.15, -0.1) is 11.3 Å². The van der Waals surface area contributed by atoms with E-state index in [1.807, 2.05) is 0 Å². The molecule has 0 bridgehead atoms. The number of thiophene rings is 1. The van der Waals surface area contributed by atoms with Crippen molar-refractivity contribution in [2.45, 2.75) is 10.6 Å². The summed E-state index contributed by atoms with van der Waals surface area (Å²) in [5.74, 6) is -0.294. The lowest BCUT2D eigenvalue weighted by Crippen LogP contribution is -2.27. The van der Waals surface area contributed by atoms with Crippen molar-refractivity contribution in [2.75, 3.05) is 11.9 Å². The van der Waals surface area contributed by atoms with E-state index in [1.54, 1.807) is 30.3 Å². The fraction of sp³-hybridized carbons (Fsp3) is 0.154. The van der Waals surface area contributed by atoms with Crippen molar-refractivity contribution in [1.29, 1.82) is 0 Å². The lowest BCUT2D eigenvalue weighted by Gasteiger charge is -2.06. The van der Waals surface area contributed by atoms with Gasteiger partial charge in [0.15, 0.2) is 0 Å². The van der Waals surface area contributed by atoms with Gasteiger partial charge < -0.3 is 5.32 Å². The second-order valence-electron chi connectivity index (χ2n) is 4.26. The first kappa shape index (κ1) is 17.4. The van der Waals surface area contributed by atoms with Crippen molar-refractivity contribution in [2.24, 2.45) is 0 Å². The smallest absolute Gasteiger partial charge is 0.250 e. The summed E-state index contributed by atoms with van der Waals surface area (Å²) >= 11 is 10.1. The second-order valence-corrected chi connectivity index (χ2v) is 9.16. The highest BCUT2D eigenvalue weighted by Gasteiger charge is 2.16. The molecule has 9 heteroatoms. The SMILES string of the molecule is O=C(CCNS(=O)(=O)c1ccc(Br)s1)Nc1cccc(Cl)c1. The first-order valence-electron chi connectivity index (χ1n) is 6.17. The molecular weight excluding hydrogens is 412 g/mol. The van der Waals surface area contributed by atoms with Crippen molar-refractivity contribution >= 4 is 60.5 Å². The summed E-state index contributed by atoms with van der Waals surface area (Å²) in [5.41, 5.74) is 0.572. The maximum absolute atomic E-state index is 12.0. The summed E-state index contributed by atoms with van der Waals surface area (Å²) in [6.45, 7) is 0.0181. The van der Waals surface area contributed by atoms with Crippen molar-refractivity contribution in [3.8, 4) is 0 Å². The molecule has 2 aromatic rings. The third-order valence-corrected chi connectivity index (χ3v) is 6.38. The summed E-state index contributed by atoms with van der Waals surface area (Å²) in [6.07, 6.45) is 0.0261. The Labute approximate surface area is 145 Å². The predicted molar refractivity (Wildman–Crippen MR) is 91.9 cm³/mol. The zero-order chi connectivity index (χ0) is 16.2. The van der Waals surface area contributed by atoms with Gasteiger partial charge in [0.25, 0.3) is 0 Å². The van der Waals surface area contributed by atoms with Crippen LogP contribution in [0.2, 0.25) is 5.02 Å². The number of hydrogen-bond donors (Lipinski definition) is 2. The van der Waals surface area contributed by atoms with Crippen molar-refractivity contribution in [1.82, 2.24) is 4.72 Å². The number of benzene rings is 1. The summed E-state index contributed by atoms with van der Waals surface area (Å²) in [4.78, 5) is 11.8. The van der Waals surface area contributed by atoms with E-state index in [9.17, 15) is 13.2 Å². The Morgan fingerprint density at radius 2 is 2.05 bits per heavy atom. The Balaban J connectivity index is 1.84. The highest BCUT2D eigenvalue weighted by Crippen LogP contribution is 2.25. The average Bonchev–Trinajstić information content (AvgIpc) is 2.86. The van der Waals surface area contributed by atoms with E-state index in [0.29, 0.717) is 10.7 Å². The van der Waals surface area contributed by atoms with E-state index < -0.39 is 10.0 Å². The minimum Gasteiger partial charge on any atom is -0.326 e. The van der Waals surface area contributed by atoms with Crippen LogP contribution in [0, 0.1) is 0 Å². The number of rotatable bonds is 6. The molecule has 22 heavy (non-hydrogen) atoms. The van der Waals surface area contributed by atoms with E-state index in [4.69, 9.17) is 11.6 Å². The van der Waals surface area contributed by atoms with Crippen molar-refractivity contribution < 1.29 is 13.2 Å². The van der Waals surface area contributed by atoms with Crippen molar-refractivity contribution in [3.05, 3.63) is 45.2 Å². The zero-order valence-electron chi connectivity index (χ0n) is 11.2. The molecule has 118 valence electrons. The van der Waals surface area contributed by atoms with Crippen LogP contribution in [0.1, 0.15) is 6.42 Å². The Morgan fingerprint density at radius 3 is 2.68 bits per heavy atom. The second kappa shape index (κ2) is 7.56. The lowest BCUT2D eigenvalue weighted by molar-refractivity contribution is -0.116. The number of halogens is 2. The van der Waals surface area contributed by atoms with E-state index >= 15 is 0 Å². The van der Waals surface area contributed by atoms with Crippen LogP contribution in [-0.2, 0) is 14.8 Å². The van der Waals surface area contributed by atoms with Crippen molar-refractivity contribution in [3.63, 3.8) is 0 Å². The molecule has 0 saturated carbocycles. The Kier molecular flexibility index (Phi) is 5.99. The third kappa shape index (κ3) is 5.06. The molecule has 0 atom stereocenters. The Hall–Kier alpha value is -0.930. The molecule has 0 aliphatic heterocycles. The summed E-state index contributed by atoms with van der Waals surface area (Å²) in [6, 6.07) is 9.90. The van der Waals surface area contributed by atoms with E-state index in [-0.39, 0.29) is 23.1 Å². The minimum absolute atomic E-state index is 0.0181. The highest BCUT2D eigenvalue weighted by molar-refractivity contribution is 9.11. The molecule has 2 N–H and O–H groups in total. The predicted octanol–water partition coefficient (Wildman–Crippen LogP) is 3.47. The van der Waals surface area contributed by atoms with E-state index in [0.717, 1.165) is 15.1 Å². The molecule has 2 rings (SSSR count). The normalized spacial score (nSPS) is 11.4. The Bertz CT molecular complexity index is 777. The van der Waals surface area contributed by atoms with E-state index in [1.165, 1.54) is 6.07 Å². The van der Waals surface area contributed by atoms with Gasteiger partial charge >= 0.3 is 0 Å². The van der Waals surface area contributed by atoms with Crippen LogP contribution in [0.3, 0.4) is 0 Å². The molecule has 0 aliphatic carbocycles. The molecule has 1 amide bonds. The summed E-state index contributed by atoms with van der Waals surface area (Å²) in [5, 5.41) is 3.17. The van der Waals surface area contributed by atoms with Crippen LogP contribution < -0.4 is 10.0 Å². The van der Waals surface area contributed by atoms with Crippen LogP contribution >= 0.6 is 38.9 Å². The van der Waals surface area contributed by atoms with Crippen LogP contribution in [0.25, 0.3) is 0 Å². The van der Waals surface area contributed by atoms with Gasteiger partial charge in [-0.25, -0.2) is 13.1 Å². The molecule has 0 radical (unpaired) electrons. The van der Waals surface area contributed by atoms with Crippen LogP contribution in [0.4, 0.5) is 5.69 Å². The number of carbonyl (C=O) groups excluding carboxylic acids is 1. The average molecular weight is 424 g/mol. The van der Waals surface area contributed by atoms with Gasteiger partial charge in [0.2, 0.25) is 15.9 Å². The first-order chi connectivity index (χ1) is 10.4. The van der Waals surface area contributed by atoms with Gasteiger partial charge in [-0.3, -0.25) is 4.79 Å². The van der Waals surface area contributed by atoms with Gasteiger partial charge in [-0.1, -0.05) is 17.7 Å². The number of amides is 1. The maximum atomic E-state index is 12.0. The van der Waals surface area contributed by atoms with Gasteiger partial charge in [-0.05, 0) is 46.3 Å². The third-order valence-electron chi connectivity index (χ3n) is 2.57. The fourth-order valence-corrected chi connectivity index (χ4v) is 4.88. The molecule has 5 nitrogen and oxygen atoms in total. The molecule has 1 aromatic carbocycles. The number of hydrogen-bond acceptors (Lipinski definition) is 4. The maximum Gasteiger partial charge on any atom is 0.250 e. The van der Waals surface area contributed by atoms with Gasteiger partial charge in [0.05, 0.1) is 3.79 Å². The van der Waals surface area contributed by atoms with E-state index in [2.05, 4.69) is 26.0 Å². The number of anilines is 1. The molecule has 0 aliphatic rings. The van der Waals surface area contributed by atoms with Gasteiger partial charge in [-0.2, -0.15) is 0 Å². The molecule has 1 aromatic heterocycles. The zero-order valence-corrected chi connectivity index (χ0v) is 15.2. The summed E-state index contributed by atoms with van der Waals surface area (Å²) < 4.78 is 27.2. The largest absolute Gasteiger partial charge is 0.326 e. The Morgan fingerprint density at radius 1 is 1.27 bits per heavy atom. The van der Waals surface area contributed by atoms with Crippen LogP contribution in [0.15, 0.2) is 44.4 Å². The molecule has 1 heterocycles. The van der Waals surface area contributed by atoms with Gasteiger partial charge in [0.1, 0.15) is 4.21 Å². The molecule has 0 fully saturated rings. The number of carbonyl (C=O) groups is 1. The highest BCUT2D eigenvalue weighted by atomic mass is 79.9. The molecule has 0 saturated heterocycles. The molecule has 0 spiro atoms. The lowest BCUT2D eigenvalue weighted by atomic mass is 10.3. The quantitative estimate of drug-likeness (QED) is 0.747. The van der Waals surface area contributed by atoms with Gasteiger partial charge in [0, 0.05) is 23.7 Å². The number of nitrogens with one attached hydrogen (secondary N) is 2. The monoisotopic (exact) mass is 422 g/mol. The number of sulfonamides is 1. The van der Waals surface area contributed by atoms with Crippen LogP contribution in [-0.4, -0.2) is 20.9 Å². The van der Waals surface area contributed by atoms with Crippen LogP contribution in [0.5, 0.6) is 0 Å².